The zero-order valence-electron chi connectivity index (χ0n) is 23.9. The maximum atomic E-state index is 17.1. The van der Waals surface area contributed by atoms with Crippen LogP contribution in [0.25, 0.3) is 27.7 Å². The largest absolute Gasteiger partial charge is 0.507 e. The van der Waals surface area contributed by atoms with Crippen molar-refractivity contribution >= 4 is 39.8 Å². The van der Waals surface area contributed by atoms with Gasteiger partial charge in [0.05, 0.1) is 38.9 Å². The zero-order chi connectivity index (χ0) is 30.2. The number of rotatable bonds is 3. The Morgan fingerprint density at radius 1 is 1.07 bits per heavy atom. The Morgan fingerprint density at radius 3 is 2.50 bits per heavy atom. The van der Waals surface area contributed by atoms with Crippen LogP contribution in [0.4, 0.5) is 20.2 Å². The molecular formula is C31H30ClF2N5O3. The smallest absolute Gasteiger partial charge is 0.281 e. The van der Waals surface area contributed by atoms with Crippen molar-refractivity contribution < 1.29 is 18.7 Å². The first-order valence-electron chi connectivity index (χ1n) is 13.9. The molecule has 0 aliphatic carbocycles. The summed E-state index contributed by atoms with van der Waals surface area (Å²) in [4.78, 5) is 40.2. The van der Waals surface area contributed by atoms with Crippen LogP contribution in [0.15, 0.2) is 35.4 Å². The second-order valence-corrected chi connectivity index (χ2v) is 11.9. The monoisotopic (exact) mass is 593 g/mol. The summed E-state index contributed by atoms with van der Waals surface area (Å²) in [7, 11) is 1.55. The number of phenols is 1. The number of nitrogens with zero attached hydrogens (tertiary/aromatic N) is 5. The predicted molar refractivity (Wildman–Crippen MR) is 159 cm³/mol. The van der Waals surface area contributed by atoms with Crippen LogP contribution < -0.4 is 15.4 Å². The van der Waals surface area contributed by atoms with E-state index in [1.54, 1.807) is 14.0 Å². The van der Waals surface area contributed by atoms with Gasteiger partial charge in [-0.25, -0.2) is 18.7 Å². The number of benzene rings is 2. The van der Waals surface area contributed by atoms with Gasteiger partial charge in [-0.15, -0.1) is 0 Å². The number of carbonyl (C=O) groups is 1. The van der Waals surface area contributed by atoms with Crippen LogP contribution in [-0.4, -0.2) is 45.2 Å². The number of fused-ring (bicyclic) bond motifs is 5. The number of piperidine rings is 1. The number of pyridine rings is 1. The highest BCUT2D eigenvalue weighted by molar-refractivity contribution is 6.35. The van der Waals surface area contributed by atoms with Gasteiger partial charge in [-0.3, -0.25) is 14.2 Å². The normalized spacial score (nSPS) is 18.5. The molecule has 0 bridgehead atoms. The lowest BCUT2D eigenvalue weighted by Gasteiger charge is -2.46. The maximum Gasteiger partial charge on any atom is 0.281 e. The lowest BCUT2D eigenvalue weighted by molar-refractivity contribution is -0.120. The number of likely N-dealkylation sites (N-methyl/N-ethyl adjacent to an activating group) is 1. The van der Waals surface area contributed by atoms with Crippen molar-refractivity contribution in [2.45, 2.75) is 52.5 Å². The highest BCUT2D eigenvalue weighted by atomic mass is 35.5. The zero-order valence-corrected chi connectivity index (χ0v) is 24.6. The van der Waals surface area contributed by atoms with Crippen LogP contribution >= 0.6 is 11.6 Å². The lowest BCUT2D eigenvalue weighted by Crippen LogP contribution is -2.57. The number of hydrogen-bond donors (Lipinski definition) is 1. The molecule has 1 saturated heterocycles. The van der Waals surface area contributed by atoms with Gasteiger partial charge in [0.2, 0.25) is 5.91 Å². The fraction of sp³-hybridized carbons (Fsp3) is 0.355. The lowest BCUT2D eigenvalue weighted by atomic mass is 9.89. The van der Waals surface area contributed by atoms with E-state index in [-0.39, 0.29) is 50.6 Å². The molecule has 218 valence electrons. The molecule has 0 unspecified atom stereocenters. The summed E-state index contributed by atoms with van der Waals surface area (Å²) in [6.07, 6.45) is 2.79. The van der Waals surface area contributed by atoms with Crippen molar-refractivity contribution in [1.82, 2.24) is 14.5 Å². The highest BCUT2D eigenvalue weighted by Crippen LogP contribution is 2.48. The molecule has 2 atom stereocenters. The van der Waals surface area contributed by atoms with Crippen molar-refractivity contribution in [3.8, 4) is 22.6 Å². The minimum absolute atomic E-state index is 0.0905. The number of aromatic nitrogens is 3. The topological polar surface area (TPSA) is 91.6 Å². The molecule has 2 aromatic carbocycles. The predicted octanol–water partition coefficient (Wildman–Crippen LogP) is 6.10. The molecule has 2 aliphatic rings. The van der Waals surface area contributed by atoms with E-state index in [0.717, 1.165) is 12.5 Å². The van der Waals surface area contributed by atoms with Crippen LogP contribution in [0.2, 0.25) is 5.02 Å². The number of carbonyl (C=O) groups excluding carboxylic acids is 1. The third-order valence-corrected chi connectivity index (χ3v) is 8.70. The van der Waals surface area contributed by atoms with Gasteiger partial charge in [0, 0.05) is 24.5 Å². The summed E-state index contributed by atoms with van der Waals surface area (Å²) in [5.74, 6) is -2.55. The Morgan fingerprint density at radius 2 is 1.81 bits per heavy atom. The Hall–Kier alpha value is -4.05. The Bertz CT molecular complexity index is 1840. The molecule has 2 aromatic heterocycles. The van der Waals surface area contributed by atoms with Crippen molar-refractivity contribution in [2.24, 2.45) is 5.92 Å². The molecule has 2 aliphatic heterocycles. The summed E-state index contributed by atoms with van der Waals surface area (Å²) in [6, 6.07) is 4.61. The van der Waals surface area contributed by atoms with Gasteiger partial charge in [-0.05, 0) is 49.8 Å². The molecule has 11 heteroatoms. The maximum absolute atomic E-state index is 17.1. The quantitative estimate of drug-likeness (QED) is 0.309. The summed E-state index contributed by atoms with van der Waals surface area (Å²) in [6.45, 7) is 8.02. The molecule has 4 aromatic rings. The van der Waals surface area contributed by atoms with Crippen molar-refractivity contribution in [3.05, 3.63) is 69.0 Å². The molecule has 1 N–H and O–H groups in total. The fourth-order valence-electron chi connectivity index (χ4n) is 6.41. The number of anilines is 2. The van der Waals surface area contributed by atoms with Gasteiger partial charge >= 0.3 is 0 Å². The standard InChI is InChI=1S/C31H30ClF2N5O3/c1-14(2)25-26(16(4)35-13-36-25)39-27-17(11-18(32)22(24(27)34)23-19(33)7-6-8-21(23)40)28-29(31(39)42)37(5)30(41)20-10-9-15(3)12-38(20)28/h6-8,11,13-15,20,40H,9-10,12H2,1-5H3/t15-,20+/m0/s1. The molecule has 1 fully saturated rings. The first kappa shape index (κ1) is 28.1. The molecule has 0 spiro atoms. The van der Waals surface area contributed by atoms with Gasteiger partial charge in [-0.2, -0.15) is 0 Å². The second kappa shape index (κ2) is 10.0. The van der Waals surface area contributed by atoms with Crippen LogP contribution in [-0.2, 0) is 4.79 Å². The fourth-order valence-corrected chi connectivity index (χ4v) is 6.70. The average molecular weight is 594 g/mol. The van der Waals surface area contributed by atoms with E-state index in [4.69, 9.17) is 11.6 Å². The minimum Gasteiger partial charge on any atom is -0.507 e. The molecule has 1 amide bonds. The summed E-state index contributed by atoms with van der Waals surface area (Å²) >= 11 is 6.72. The van der Waals surface area contributed by atoms with Crippen LogP contribution in [0.3, 0.4) is 0 Å². The van der Waals surface area contributed by atoms with Gasteiger partial charge in [0.15, 0.2) is 5.82 Å². The van der Waals surface area contributed by atoms with Gasteiger partial charge < -0.3 is 14.9 Å². The highest BCUT2D eigenvalue weighted by Gasteiger charge is 2.43. The first-order chi connectivity index (χ1) is 19.9. The van der Waals surface area contributed by atoms with E-state index in [2.05, 4.69) is 16.9 Å². The van der Waals surface area contributed by atoms with E-state index in [1.807, 2.05) is 18.7 Å². The SMILES string of the molecule is Cc1ncnc(C(C)C)c1-n1c(=O)c2c(c3cc(Cl)c(-c4c(O)cccc4F)c(F)c31)N1C[C@@H](C)CC[C@@H]1C(=O)N2C. The number of aryl methyl sites for hydroxylation is 1. The first-order valence-corrected chi connectivity index (χ1v) is 14.3. The summed E-state index contributed by atoms with van der Waals surface area (Å²) in [5.41, 5.74) is 0.0575. The molecule has 8 nitrogen and oxygen atoms in total. The number of halogens is 3. The number of aromatic hydroxyl groups is 1. The van der Waals surface area contributed by atoms with Crippen LogP contribution in [0.1, 0.15) is 50.9 Å². The van der Waals surface area contributed by atoms with E-state index in [0.29, 0.717) is 30.0 Å². The van der Waals surface area contributed by atoms with Crippen molar-refractivity contribution in [1.29, 1.82) is 0 Å². The second-order valence-electron chi connectivity index (χ2n) is 11.5. The molecule has 42 heavy (non-hydrogen) atoms. The van der Waals surface area contributed by atoms with Gasteiger partial charge in [-0.1, -0.05) is 38.4 Å². The summed E-state index contributed by atoms with van der Waals surface area (Å²) < 4.78 is 33.5. The third kappa shape index (κ3) is 3.99. The summed E-state index contributed by atoms with van der Waals surface area (Å²) in [5, 5.41) is 10.7. The molecular weight excluding hydrogens is 564 g/mol. The third-order valence-electron chi connectivity index (χ3n) is 8.40. The van der Waals surface area contributed by atoms with Crippen molar-refractivity contribution in [2.75, 3.05) is 23.4 Å². The molecule has 0 saturated carbocycles. The minimum atomic E-state index is -0.989. The Kier molecular flexibility index (Phi) is 6.72. The van der Waals surface area contributed by atoms with Crippen molar-refractivity contribution in [3.63, 3.8) is 0 Å². The molecule has 0 radical (unpaired) electrons. The van der Waals surface area contributed by atoms with E-state index >= 15 is 8.78 Å². The van der Waals surface area contributed by atoms with E-state index < -0.39 is 34.5 Å². The van der Waals surface area contributed by atoms with Gasteiger partial charge in [0.25, 0.3) is 5.56 Å². The van der Waals surface area contributed by atoms with Crippen LogP contribution in [0.5, 0.6) is 5.75 Å². The van der Waals surface area contributed by atoms with Gasteiger partial charge in [0.1, 0.15) is 29.6 Å². The Balaban J connectivity index is 1.86. The number of amides is 1. The average Bonchev–Trinajstić information content (AvgIpc) is 2.93. The van der Waals surface area contributed by atoms with E-state index in [9.17, 15) is 14.7 Å². The Labute approximate surface area is 246 Å². The van der Waals surface area contributed by atoms with Crippen LogP contribution in [0, 0.1) is 24.5 Å². The molecule has 4 heterocycles. The van der Waals surface area contributed by atoms with E-state index in [1.165, 1.54) is 34.0 Å². The molecule has 6 rings (SSSR count). The number of phenolic OH excluding ortho intramolecular Hbond substituents is 1. The number of hydrogen-bond acceptors (Lipinski definition) is 6.